The second-order valence-corrected chi connectivity index (χ2v) is 5.63. The first-order chi connectivity index (χ1) is 8.99. The summed E-state index contributed by atoms with van der Waals surface area (Å²) in [6, 6.07) is 4.56. The van der Waals surface area contributed by atoms with E-state index in [1.807, 2.05) is 12.3 Å². The highest BCUT2D eigenvalue weighted by molar-refractivity contribution is 5.46. The van der Waals surface area contributed by atoms with Gasteiger partial charge in [0, 0.05) is 12.6 Å². The lowest BCUT2D eigenvalue weighted by Gasteiger charge is -2.34. The highest BCUT2D eigenvalue weighted by Gasteiger charge is 2.17. The zero-order chi connectivity index (χ0) is 14.4. The van der Waals surface area contributed by atoms with E-state index < -0.39 is 6.10 Å². The van der Waals surface area contributed by atoms with Crippen molar-refractivity contribution in [3.63, 3.8) is 0 Å². The lowest BCUT2D eigenvalue weighted by atomic mass is 10.1. The van der Waals surface area contributed by atoms with Gasteiger partial charge in [-0.05, 0) is 37.8 Å². The first kappa shape index (κ1) is 16.0. The molecule has 3 heteroatoms. The molecule has 0 aliphatic heterocycles. The van der Waals surface area contributed by atoms with Gasteiger partial charge >= 0.3 is 0 Å². The number of nitrogens with zero attached hydrogens (tertiary/aromatic N) is 2. The molecule has 0 spiro atoms. The van der Waals surface area contributed by atoms with E-state index in [0.29, 0.717) is 12.0 Å². The molecule has 0 saturated carbocycles. The van der Waals surface area contributed by atoms with Gasteiger partial charge in [-0.15, -0.1) is 0 Å². The number of aliphatic hydroxyl groups is 1. The maximum absolute atomic E-state index is 9.52. The van der Waals surface area contributed by atoms with E-state index in [1.54, 1.807) is 6.92 Å². The minimum atomic E-state index is -0.499. The molecule has 0 amide bonds. The predicted molar refractivity (Wildman–Crippen MR) is 81.4 cm³/mol. The van der Waals surface area contributed by atoms with Crippen LogP contribution in [0.15, 0.2) is 18.3 Å². The normalized spacial score (nSPS) is 13.1. The van der Waals surface area contributed by atoms with Crippen LogP contribution in [-0.2, 0) is 0 Å². The summed E-state index contributed by atoms with van der Waals surface area (Å²) >= 11 is 0. The van der Waals surface area contributed by atoms with Crippen LogP contribution in [0.2, 0.25) is 0 Å². The average Bonchev–Trinajstić information content (AvgIpc) is 2.38. The summed E-state index contributed by atoms with van der Waals surface area (Å²) in [6.45, 7) is 11.7. The summed E-state index contributed by atoms with van der Waals surface area (Å²) in [5.74, 6) is 0.622. The topological polar surface area (TPSA) is 36.4 Å². The summed E-state index contributed by atoms with van der Waals surface area (Å²) in [6.07, 6.45) is 3.67. The smallest absolute Gasteiger partial charge is 0.0931 e. The Labute approximate surface area is 117 Å². The summed E-state index contributed by atoms with van der Waals surface area (Å²) < 4.78 is 0. The molecular formula is C16H28N2O. The maximum Gasteiger partial charge on any atom is 0.0931 e. The van der Waals surface area contributed by atoms with Gasteiger partial charge in [-0.2, -0.15) is 0 Å². The van der Waals surface area contributed by atoms with E-state index in [2.05, 4.69) is 43.6 Å². The van der Waals surface area contributed by atoms with Gasteiger partial charge < -0.3 is 10.0 Å². The van der Waals surface area contributed by atoms with Crippen molar-refractivity contribution in [1.82, 2.24) is 4.98 Å². The fraction of sp³-hybridized carbons (Fsp3) is 0.688. The Morgan fingerprint density at radius 2 is 1.79 bits per heavy atom. The van der Waals surface area contributed by atoms with Crippen LogP contribution in [0.25, 0.3) is 0 Å². The standard InChI is InChI=1S/C16H28N2O/c1-6-14(7-2)18(11-12(3)4)15-8-9-16(13(5)19)17-10-15/h8-10,12-14,19H,6-7,11H2,1-5H3/t13-/m0/s1. The molecular weight excluding hydrogens is 236 g/mol. The second kappa shape index (κ2) is 7.49. The van der Waals surface area contributed by atoms with E-state index in [1.165, 1.54) is 0 Å². The molecule has 1 aromatic rings. The molecule has 3 nitrogen and oxygen atoms in total. The molecule has 1 atom stereocenters. The number of hydrogen-bond donors (Lipinski definition) is 1. The third-order valence-electron chi connectivity index (χ3n) is 3.48. The first-order valence-corrected chi connectivity index (χ1v) is 7.40. The fourth-order valence-electron chi connectivity index (χ4n) is 2.40. The van der Waals surface area contributed by atoms with Gasteiger partial charge in [0.2, 0.25) is 0 Å². The molecule has 0 aliphatic rings. The van der Waals surface area contributed by atoms with Crippen molar-refractivity contribution >= 4 is 5.69 Å². The van der Waals surface area contributed by atoms with Gasteiger partial charge in [0.25, 0.3) is 0 Å². The largest absolute Gasteiger partial charge is 0.387 e. The van der Waals surface area contributed by atoms with Crippen molar-refractivity contribution in [3.8, 4) is 0 Å². The predicted octanol–water partition coefficient (Wildman–Crippen LogP) is 3.79. The molecule has 0 unspecified atom stereocenters. The quantitative estimate of drug-likeness (QED) is 0.814. The van der Waals surface area contributed by atoms with Crippen molar-refractivity contribution in [3.05, 3.63) is 24.0 Å². The van der Waals surface area contributed by atoms with E-state index in [0.717, 1.165) is 30.8 Å². The summed E-state index contributed by atoms with van der Waals surface area (Å²) in [7, 11) is 0. The van der Waals surface area contributed by atoms with Crippen LogP contribution in [0.3, 0.4) is 0 Å². The fourth-order valence-corrected chi connectivity index (χ4v) is 2.40. The third-order valence-corrected chi connectivity index (χ3v) is 3.48. The number of pyridine rings is 1. The summed E-state index contributed by atoms with van der Waals surface area (Å²) in [5.41, 5.74) is 1.89. The lowest BCUT2D eigenvalue weighted by Crippen LogP contribution is -2.37. The zero-order valence-corrected chi connectivity index (χ0v) is 12.9. The number of aliphatic hydroxyl groups excluding tert-OH is 1. The highest BCUT2D eigenvalue weighted by Crippen LogP contribution is 2.22. The SMILES string of the molecule is CCC(CC)N(CC(C)C)c1ccc([C@H](C)O)nc1. The second-order valence-electron chi connectivity index (χ2n) is 5.63. The molecule has 0 saturated heterocycles. The first-order valence-electron chi connectivity index (χ1n) is 7.40. The van der Waals surface area contributed by atoms with E-state index in [-0.39, 0.29) is 0 Å². The molecule has 1 N–H and O–H groups in total. The minimum Gasteiger partial charge on any atom is -0.387 e. The van der Waals surface area contributed by atoms with Crippen LogP contribution in [-0.4, -0.2) is 22.7 Å². The zero-order valence-electron chi connectivity index (χ0n) is 12.9. The van der Waals surface area contributed by atoms with E-state index in [9.17, 15) is 5.11 Å². The summed E-state index contributed by atoms with van der Waals surface area (Å²) in [4.78, 5) is 6.81. The van der Waals surface area contributed by atoms with E-state index in [4.69, 9.17) is 0 Å². The maximum atomic E-state index is 9.52. The highest BCUT2D eigenvalue weighted by atomic mass is 16.3. The van der Waals surface area contributed by atoms with Gasteiger partial charge in [-0.3, -0.25) is 4.98 Å². The monoisotopic (exact) mass is 264 g/mol. The van der Waals surface area contributed by atoms with Crippen molar-refractivity contribution < 1.29 is 5.11 Å². The summed E-state index contributed by atoms with van der Waals surface area (Å²) in [5, 5.41) is 9.52. The van der Waals surface area contributed by atoms with Crippen molar-refractivity contribution in [1.29, 1.82) is 0 Å². The van der Waals surface area contributed by atoms with Crippen molar-refractivity contribution in [2.75, 3.05) is 11.4 Å². The Morgan fingerprint density at radius 3 is 2.16 bits per heavy atom. The van der Waals surface area contributed by atoms with Crippen LogP contribution >= 0.6 is 0 Å². The van der Waals surface area contributed by atoms with Crippen LogP contribution in [0.4, 0.5) is 5.69 Å². The molecule has 0 radical (unpaired) electrons. The number of aromatic nitrogens is 1. The Bertz CT molecular complexity index is 356. The lowest BCUT2D eigenvalue weighted by molar-refractivity contribution is 0.194. The van der Waals surface area contributed by atoms with E-state index >= 15 is 0 Å². The molecule has 0 bridgehead atoms. The van der Waals surface area contributed by atoms with Crippen LogP contribution in [0.1, 0.15) is 59.3 Å². The molecule has 1 heterocycles. The molecule has 0 aliphatic carbocycles. The van der Waals surface area contributed by atoms with Crippen molar-refractivity contribution in [2.24, 2.45) is 5.92 Å². The number of anilines is 1. The Morgan fingerprint density at radius 1 is 1.16 bits per heavy atom. The third kappa shape index (κ3) is 4.50. The molecule has 19 heavy (non-hydrogen) atoms. The van der Waals surface area contributed by atoms with Crippen LogP contribution < -0.4 is 4.90 Å². The van der Waals surface area contributed by atoms with Gasteiger partial charge in [0.15, 0.2) is 0 Å². The Balaban J connectivity index is 2.96. The van der Waals surface area contributed by atoms with Crippen LogP contribution in [0.5, 0.6) is 0 Å². The molecule has 0 aromatic carbocycles. The molecule has 1 rings (SSSR count). The van der Waals surface area contributed by atoms with Gasteiger partial charge in [-0.1, -0.05) is 27.7 Å². The Hall–Kier alpha value is -1.09. The molecule has 108 valence electrons. The van der Waals surface area contributed by atoms with Gasteiger partial charge in [-0.25, -0.2) is 0 Å². The molecule has 1 aromatic heterocycles. The van der Waals surface area contributed by atoms with Crippen LogP contribution in [0, 0.1) is 5.92 Å². The average molecular weight is 264 g/mol. The molecule has 0 fully saturated rings. The van der Waals surface area contributed by atoms with Gasteiger partial charge in [0.05, 0.1) is 23.7 Å². The minimum absolute atomic E-state index is 0.499. The van der Waals surface area contributed by atoms with Gasteiger partial charge in [0.1, 0.15) is 0 Å². The number of rotatable bonds is 7. The Kier molecular flexibility index (Phi) is 6.29. The number of hydrogen-bond acceptors (Lipinski definition) is 3. The van der Waals surface area contributed by atoms with Crippen molar-refractivity contribution in [2.45, 2.75) is 59.6 Å².